The maximum atomic E-state index is 11.5. The van der Waals surface area contributed by atoms with Crippen molar-refractivity contribution in [2.75, 3.05) is 0 Å². The Morgan fingerprint density at radius 1 is 1.37 bits per heavy atom. The van der Waals surface area contributed by atoms with Gasteiger partial charge in [0.05, 0.1) is 11.3 Å². The number of pyridine rings is 1. The lowest BCUT2D eigenvalue weighted by Crippen LogP contribution is -2.16. The van der Waals surface area contributed by atoms with Crippen LogP contribution in [0.4, 0.5) is 0 Å². The van der Waals surface area contributed by atoms with E-state index in [0.717, 1.165) is 24.1 Å². The number of hydrogen-bond acceptors (Lipinski definition) is 2. The SMILES string of the molecule is NC(=O)c1cccnc1[C@@H]1CCc2ccc(Cl)cc21. The molecule has 0 fully saturated rings. The summed E-state index contributed by atoms with van der Waals surface area (Å²) >= 11 is 6.07. The van der Waals surface area contributed by atoms with Crippen molar-refractivity contribution < 1.29 is 4.79 Å². The fourth-order valence-corrected chi connectivity index (χ4v) is 2.94. The number of carbonyl (C=O) groups excluding carboxylic acids is 1. The van der Waals surface area contributed by atoms with E-state index in [4.69, 9.17) is 17.3 Å². The van der Waals surface area contributed by atoms with Crippen LogP contribution in [-0.4, -0.2) is 10.9 Å². The van der Waals surface area contributed by atoms with E-state index in [-0.39, 0.29) is 5.92 Å². The average molecular weight is 273 g/mol. The summed E-state index contributed by atoms with van der Waals surface area (Å²) in [7, 11) is 0. The molecule has 3 nitrogen and oxygen atoms in total. The van der Waals surface area contributed by atoms with Crippen LogP contribution in [0.15, 0.2) is 36.5 Å². The quantitative estimate of drug-likeness (QED) is 0.914. The fourth-order valence-electron chi connectivity index (χ4n) is 2.76. The molecule has 19 heavy (non-hydrogen) atoms. The zero-order valence-electron chi connectivity index (χ0n) is 10.3. The molecule has 0 saturated heterocycles. The first kappa shape index (κ1) is 12.2. The number of aromatic nitrogens is 1. The molecular formula is C15H13ClN2O. The minimum absolute atomic E-state index is 0.109. The third-order valence-corrected chi connectivity index (χ3v) is 3.85. The number of aryl methyl sites for hydroxylation is 1. The maximum Gasteiger partial charge on any atom is 0.250 e. The van der Waals surface area contributed by atoms with E-state index in [1.807, 2.05) is 18.2 Å². The van der Waals surface area contributed by atoms with Crippen LogP contribution in [0.1, 0.15) is 39.5 Å². The van der Waals surface area contributed by atoms with Crippen LogP contribution in [0.5, 0.6) is 0 Å². The zero-order chi connectivity index (χ0) is 13.4. The fraction of sp³-hybridized carbons (Fsp3) is 0.200. The second-order valence-corrected chi connectivity index (χ2v) is 5.17. The molecule has 2 N–H and O–H groups in total. The maximum absolute atomic E-state index is 11.5. The largest absolute Gasteiger partial charge is 0.366 e. The first-order valence-electron chi connectivity index (χ1n) is 6.20. The summed E-state index contributed by atoms with van der Waals surface area (Å²) in [5.74, 6) is -0.323. The first-order valence-corrected chi connectivity index (χ1v) is 6.57. The standard InChI is InChI=1S/C15H13ClN2O/c16-10-5-3-9-4-6-11(13(9)8-10)14-12(15(17)19)2-1-7-18-14/h1-3,5,7-8,11H,4,6H2,(H2,17,19)/t11-/m1/s1. The molecule has 3 rings (SSSR count). The number of nitrogens with two attached hydrogens (primary N) is 1. The Labute approximate surface area is 116 Å². The topological polar surface area (TPSA) is 56.0 Å². The number of halogens is 1. The van der Waals surface area contributed by atoms with Crippen molar-refractivity contribution in [1.29, 1.82) is 0 Å². The van der Waals surface area contributed by atoms with Crippen molar-refractivity contribution >= 4 is 17.5 Å². The number of carbonyl (C=O) groups is 1. The van der Waals surface area contributed by atoms with Gasteiger partial charge in [-0.25, -0.2) is 0 Å². The van der Waals surface area contributed by atoms with Gasteiger partial charge in [0.2, 0.25) is 0 Å². The molecule has 96 valence electrons. The van der Waals surface area contributed by atoms with Gasteiger partial charge in [-0.3, -0.25) is 9.78 Å². The summed E-state index contributed by atoms with van der Waals surface area (Å²) in [6.07, 6.45) is 3.61. The predicted octanol–water partition coefficient (Wildman–Crippen LogP) is 2.91. The van der Waals surface area contributed by atoms with E-state index in [9.17, 15) is 4.79 Å². The lowest BCUT2D eigenvalue weighted by molar-refractivity contribution is 0.0998. The highest BCUT2D eigenvalue weighted by Gasteiger charge is 2.28. The molecule has 1 aromatic carbocycles. The number of nitrogens with zero attached hydrogens (tertiary/aromatic N) is 1. The van der Waals surface area contributed by atoms with Gasteiger partial charge >= 0.3 is 0 Å². The zero-order valence-corrected chi connectivity index (χ0v) is 11.0. The van der Waals surface area contributed by atoms with Crippen LogP contribution < -0.4 is 5.73 Å². The van der Waals surface area contributed by atoms with Gasteiger partial charge in [0.1, 0.15) is 0 Å². The Balaban J connectivity index is 2.11. The van der Waals surface area contributed by atoms with Gasteiger partial charge in [0.15, 0.2) is 0 Å². The second kappa shape index (κ2) is 4.67. The van der Waals surface area contributed by atoms with E-state index < -0.39 is 5.91 Å². The monoisotopic (exact) mass is 272 g/mol. The van der Waals surface area contributed by atoms with Crippen LogP contribution in [-0.2, 0) is 6.42 Å². The van der Waals surface area contributed by atoms with Gasteiger partial charge in [-0.15, -0.1) is 0 Å². The summed E-state index contributed by atoms with van der Waals surface area (Å²) < 4.78 is 0. The highest BCUT2D eigenvalue weighted by molar-refractivity contribution is 6.30. The normalized spacial score (nSPS) is 17.2. The smallest absolute Gasteiger partial charge is 0.250 e. The number of rotatable bonds is 2. The third-order valence-electron chi connectivity index (χ3n) is 3.62. The van der Waals surface area contributed by atoms with Crippen molar-refractivity contribution in [3.63, 3.8) is 0 Å². The van der Waals surface area contributed by atoms with Gasteiger partial charge in [0.25, 0.3) is 5.91 Å². The molecular weight excluding hydrogens is 260 g/mol. The van der Waals surface area contributed by atoms with Gasteiger partial charge < -0.3 is 5.73 Å². The minimum Gasteiger partial charge on any atom is -0.366 e. The van der Waals surface area contributed by atoms with E-state index in [1.165, 1.54) is 5.56 Å². The van der Waals surface area contributed by atoms with Gasteiger partial charge in [0, 0.05) is 17.1 Å². The highest BCUT2D eigenvalue weighted by Crippen LogP contribution is 2.39. The third kappa shape index (κ3) is 2.10. The van der Waals surface area contributed by atoms with E-state index in [0.29, 0.717) is 10.6 Å². The summed E-state index contributed by atoms with van der Waals surface area (Å²) in [5, 5.41) is 0.710. The molecule has 0 spiro atoms. The van der Waals surface area contributed by atoms with Gasteiger partial charge in [-0.05, 0) is 48.2 Å². The molecule has 0 bridgehead atoms. The molecule has 1 amide bonds. The van der Waals surface area contributed by atoms with E-state index >= 15 is 0 Å². The van der Waals surface area contributed by atoms with Crippen LogP contribution in [0.3, 0.4) is 0 Å². The molecule has 1 aromatic heterocycles. The molecule has 0 saturated carbocycles. The molecule has 2 aromatic rings. The predicted molar refractivity (Wildman–Crippen MR) is 74.4 cm³/mol. The first-order chi connectivity index (χ1) is 9.16. The van der Waals surface area contributed by atoms with Gasteiger partial charge in [-0.1, -0.05) is 17.7 Å². The van der Waals surface area contributed by atoms with Crippen molar-refractivity contribution in [3.05, 3.63) is 63.9 Å². The highest BCUT2D eigenvalue weighted by atomic mass is 35.5. The summed E-state index contributed by atoms with van der Waals surface area (Å²) in [5.41, 5.74) is 9.12. The van der Waals surface area contributed by atoms with E-state index in [1.54, 1.807) is 18.3 Å². The molecule has 0 unspecified atom stereocenters. The average Bonchev–Trinajstić information content (AvgIpc) is 2.81. The molecule has 1 aliphatic carbocycles. The molecule has 0 aliphatic heterocycles. The number of primary amides is 1. The van der Waals surface area contributed by atoms with Crippen molar-refractivity contribution in [3.8, 4) is 0 Å². The summed E-state index contributed by atoms with van der Waals surface area (Å²) in [6.45, 7) is 0. The van der Waals surface area contributed by atoms with E-state index in [2.05, 4.69) is 4.98 Å². The van der Waals surface area contributed by atoms with Crippen LogP contribution in [0.25, 0.3) is 0 Å². The molecule has 1 aliphatic rings. The molecule has 1 heterocycles. The Bertz CT molecular complexity index is 654. The van der Waals surface area contributed by atoms with Gasteiger partial charge in [-0.2, -0.15) is 0 Å². The lowest BCUT2D eigenvalue weighted by atomic mass is 9.94. The van der Waals surface area contributed by atoms with Crippen molar-refractivity contribution in [2.24, 2.45) is 5.73 Å². The second-order valence-electron chi connectivity index (χ2n) is 4.73. The Morgan fingerprint density at radius 2 is 2.21 bits per heavy atom. The number of amides is 1. The van der Waals surface area contributed by atoms with Crippen LogP contribution >= 0.6 is 11.6 Å². The van der Waals surface area contributed by atoms with Crippen molar-refractivity contribution in [1.82, 2.24) is 4.98 Å². The Hall–Kier alpha value is -1.87. The van der Waals surface area contributed by atoms with Crippen LogP contribution in [0.2, 0.25) is 5.02 Å². The molecule has 0 radical (unpaired) electrons. The molecule has 1 atom stereocenters. The number of hydrogen-bond donors (Lipinski definition) is 1. The summed E-state index contributed by atoms with van der Waals surface area (Å²) in [6, 6.07) is 9.37. The molecule has 4 heteroatoms. The lowest BCUT2D eigenvalue weighted by Gasteiger charge is -2.14. The van der Waals surface area contributed by atoms with Crippen LogP contribution in [0, 0.1) is 0 Å². The Kier molecular flexibility index (Phi) is 2.99. The minimum atomic E-state index is -0.432. The Morgan fingerprint density at radius 3 is 3.00 bits per heavy atom. The summed E-state index contributed by atoms with van der Waals surface area (Å²) in [4.78, 5) is 15.9. The number of benzene rings is 1. The number of fused-ring (bicyclic) bond motifs is 1. The van der Waals surface area contributed by atoms with Crippen molar-refractivity contribution in [2.45, 2.75) is 18.8 Å².